The van der Waals surface area contributed by atoms with Gasteiger partial charge >= 0.3 is 0 Å². The van der Waals surface area contributed by atoms with Gasteiger partial charge in [-0.2, -0.15) is 0 Å². The van der Waals surface area contributed by atoms with Crippen molar-refractivity contribution < 1.29 is 9.53 Å². The number of aryl methyl sites for hydroxylation is 1. The summed E-state index contributed by atoms with van der Waals surface area (Å²) >= 11 is 0. The Morgan fingerprint density at radius 1 is 1.33 bits per heavy atom. The zero-order valence-corrected chi connectivity index (χ0v) is 14.0. The summed E-state index contributed by atoms with van der Waals surface area (Å²) in [6.07, 6.45) is 3.22. The van der Waals surface area contributed by atoms with Crippen LogP contribution in [0, 0.1) is 12.3 Å². The number of para-hydroxylation sites is 1. The number of nitrogens with two attached hydrogens (primary N) is 1. The van der Waals surface area contributed by atoms with Crippen molar-refractivity contribution in [1.29, 1.82) is 0 Å². The number of ether oxygens (including phenoxy) is 1. The Labute approximate surface area is 142 Å². The van der Waals surface area contributed by atoms with Crippen LogP contribution in [0.15, 0.2) is 36.5 Å². The van der Waals surface area contributed by atoms with Gasteiger partial charge in [-0.1, -0.05) is 18.2 Å². The van der Waals surface area contributed by atoms with Crippen LogP contribution in [0.1, 0.15) is 24.4 Å². The van der Waals surface area contributed by atoms with E-state index in [2.05, 4.69) is 27.0 Å². The van der Waals surface area contributed by atoms with Gasteiger partial charge in [0.25, 0.3) is 0 Å². The Morgan fingerprint density at radius 2 is 2.04 bits per heavy atom. The quantitative estimate of drug-likeness (QED) is 0.843. The van der Waals surface area contributed by atoms with Gasteiger partial charge in [0.2, 0.25) is 5.91 Å². The van der Waals surface area contributed by atoms with Gasteiger partial charge in [-0.05, 0) is 31.9 Å². The van der Waals surface area contributed by atoms with Crippen LogP contribution in [0.4, 0.5) is 0 Å². The monoisotopic (exact) mass is 328 g/mol. The summed E-state index contributed by atoms with van der Waals surface area (Å²) in [6, 6.07) is 10.1. The minimum Gasteiger partial charge on any atom is -0.381 e. The van der Waals surface area contributed by atoms with Gasteiger partial charge in [0.1, 0.15) is 5.82 Å². The fourth-order valence-electron chi connectivity index (χ4n) is 3.25. The number of benzene rings is 1. The first kappa shape index (κ1) is 16.7. The van der Waals surface area contributed by atoms with Crippen molar-refractivity contribution >= 4 is 5.91 Å². The average Bonchev–Trinajstić information content (AvgIpc) is 2.97. The van der Waals surface area contributed by atoms with E-state index in [0.29, 0.717) is 39.1 Å². The summed E-state index contributed by atoms with van der Waals surface area (Å²) in [5.74, 6) is 0.694. The topological polar surface area (TPSA) is 82.2 Å². The summed E-state index contributed by atoms with van der Waals surface area (Å²) < 4.78 is 7.49. The smallest absolute Gasteiger partial charge is 0.225 e. The highest BCUT2D eigenvalue weighted by molar-refractivity contribution is 5.81. The zero-order valence-electron chi connectivity index (χ0n) is 14.0. The third-order valence-electron chi connectivity index (χ3n) is 4.77. The lowest BCUT2D eigenvalue weighted by atomic mass is 9.79. The molecular formula is C18H24N4O2. The van der Waals surface area contributed by atoms with Crippen LogP contribution in [0.5, 0.6) is 0 Å². The molecule has 1 fully saturated rings. The highest BCUT2D eigenvalue weighted by atomic mass is 16.5. The van der Waals surface area contributed by atoms with E-state index in [9.17, 15) is 4.79 Å². The molecular weight excluding hydrogens is 304 g/mol. The Morgan fingerprint density at radius 3 is 2.71 bits per heavy atom. The minimum atomic E-state index is -0.509. The second kappa shape index (κ2) is 7.15. The van der Waals surface area contributed by atoms with Gasteiger partial charge in [-0.15, -0.1) is 0 Å². The summed E-state index contributed by atoms with van der Waals surface area (Å²) in [4.78, 5) is 16.3. The molecule has 1 amide bonds. The predicted octanol–water partition coefficient (Wildman–Crippen LogP) is 1.55. The number of rotatable bonds is 6. The maximum atomic E-state index is 11.9. The van der Waals surface area contributed by atoms with Crippen LogP contribution in [0.2, 0.25) is 0 Å². The van der Waals surface area contributed by atoms with E-state index < -0.39 is 5.41 Å². The molecule has 2 heterocycles. The van der Waals surface area contributed by atoms with Gasteiger partial charge in [0, 0.05) is 32.0 Å². The van der Waals surface area contributed by atoms with Crippen molar-refractivity contribution in [2.75, 3.05) is 19.8 Å². The van der Waals surface area contributed by atoms with E-state index in [-0.39, 0.29) is 5.91 Å². The fourth-order valence-corrected chi connectivity index (χ4v) is 3.25. The van der Waals surface area contributed by atoms with E-state index in [1.807, 2.05) is 31.3 Å². The van der Waals surface area contributed by atoms with Gasteiger partial charge in [0.05, 0.1) is 17.3 Å². The van der Waals surface area contributed by atoms with Crippen molar-refractivity contribution in [1.82, 2.24) is 14.9 Å². The normalized spacial score (nSPS) is 16.9. The number of nitrogens with zero attached hydrogens (tertiary/aromatic N) is 2. The average molecular weight is 328 g/mol. The molecule has 0 radical (unpaired) electrons. The molecule has 6 nitrogen and oxygen atoms in total. The predicted molar refractivity (Wildman–Crippen MR) is 91.7 cm³/mol. The first-order valence-electron chi connectivity index (χ1n) is 8.29. The van der Waals surface area contributed by atoms with Gasteiger partial charge in [0.15, 0.2) is 0 Å². The largest absolute Gasteiger partial charge is 0.381 e. The van der Waals surface area contributed by atoms with Crippen LogP contribution in [-0.4, -0.2) is 35.2 Å². The molecule has 1 aromatic carbocycles. The molecule has 1 aliphatic heterocycles. The SMILES string of the molecule is Cc1ncc(CNCC2(C(N)=O)CCOCC2)n1-c1ccccc1. The minimum absolute atomic E-state index is 0.244. The maximum absolute atomic E-state index is 11.9. The van der Waals surface area contributed by atoms with E-state index in [1.54, 1.807) is 0 Å². The molecule has 1 aromatic heterocycles. The second-order valence-corrected chi connectivity index (χ2v) is 6.33. The van der Waals surface area contributed by atoms with E-state index in [4.69, 9.17) is 10.5 Å². The van der Waals surface area contributed by atoms with Crippen molar-refractivity contribution in [2.24, 2.45) is 11.1 Å². The molecule has 0 unspecified atom stereocenters. The molecule has 0 atom stereocenters. The highest BCUT2D eigenvalue weighted by Gasteiger charge is 2.38. The molecule has 0 saturated carbocycles. The van der Waals surface area contributed by atoms with Crippen LogP contribution >= 0.6 is 0 Å². The molecule has 24 heavy (non-hydrogen) atoms. The van der Waals surface area contributed by atoms with Crippen molar-refractivity contribution in [3.8, 4) is 5.69 Å². The van der Waals surface area contributed by atoms with Gasteiger partial charge in [-0.25, -0.2) is 4.98 Å². The number of imidazole rings is 1. The number of primary amides is 1. The Balaban J connectivity index is 1.70. The third-order valence-corrected chi connectivity index (χ3v) is 4.77. The van der Waals surface area contributed by atoms with Gasteiger partial charge < -0.3 is 15.8 Å². The Kier molecular flexibility index (Phi) is 4.97. The first-order valence-corrected chi connectivity index (χ1v) is 8.29. The van der Waals surface area contributed by atoms with E-state index >= 15 is 0 Å². The molecule has 3 N–H and O–H groups in total. The fraction of sp³-hybridized carbons (Fsp3) is 0.444. The summed E-state index contributed by atoms with van der Waals surface area (Å²) in [7, 11) is 0. The number of carbonyl (C=O) groups is 1. The number of nitrogens with one attached hydrogen (secondary N) is 1. The zero-order chi connectivity index (χ0) is 17.0. The molecule has 3 rings (SSSR count). The first-order chi connectivity index (χ1) is 11.6. The molecule has 128 valence electrons. The highest BCUT2D eigenvalue weighted by Crippen LogP contribution is 2.29. The van der Waals surface area contributed by atoms with Crippen LogP contribution < -0.4 is 11.1 Å². The lowest BCUT2D eigenvalue weighted by Crippen LogP contribution is -2.48. The molecule has 1 saturated heterocycles. The Bertz CT molecular complexity index is 690. The molecule has 0 aliphatic carbocycles. The number of hydrogen-bond acceptors (Lipinski definition) is 4. The maximum Gasteiger partial charge on any atom is 0.225 e. The molecule has 0 bridgehead atoms. The molecule has 1 aliphatic rings. The van der Waals surface area contributed by atoms with Crippen LogP contribution in [0.25, 0.3) is 5.69 Å². The van der Waals surface area contributed by atoms with Crippen LogP contribution in [0.3, 0.4) is 0 Å². The molecule has 0 spiro atoms. The summed E-state index contributed by atoms with van der Waals surface area (Å²) in [5, 5.41) is 3.40. The van der Waals surface area contributed by atoms with Crippen LogP contribution in [-0.2, 0) is 16.1 Å². The standard InChI is InChI=1S/C18H24N4O2/c1-14-21-12-16(22(14)15-5-3-2-4-6-15)11-20-13-18(17(19)23)7-9-24-10-8-18/h2-6,12,20H,7-11,13H2,1H3,(H2,19,23). The third kappa shape index (κ3) is 3.34. The lowest BCUT2D eigenvalue weighted by molar-refractivity contribution is -0.132. The Hall–Kier alpha value is -2.18. The summed E-state index contributed by atoms with van der Waals surface area (Å²) in [6.45, 7) is 4.35. The number of amides is 1. The molecule has 2 aromatic rings. The lowest BCUT2D eigenvalue weighted by Gasteiger charge is -2.34. The van der Waals surface area contributed by atoms with Crippen molar-refractivity contribution in [3.63, 3.8) is 0 Å². The second-order valence-electron chi connectivity index (χ2n) is 6.33. The number of hydrogen-bond donors (Lipinski definition) is 2. The number of carbonyl (C=O) groups excluding carboxylic acids is 1. The van der Waals surface area contributed by atoms with E-state index in [1.165, 1.54) is 0 Å². The molecule has 6 heteroatoms. The van der Waals surface area contributed by atoms with Crippen molar-refractivity contribution in [2.45, 2.75) is 26.3 Å². The van der Waals surface area contributed by atoms with Crippen molar-refractivity contribution in [3.05, 3.63) is 48.0 Å². The number of aromatic nitrogens is 2. The van der Waals surface area contributed by atoms with E-state index in [0.717, 1.165) is 17.2 Å². The van der Waals surface area contributed by atoms with Gasteiger partial charge in [-0.3, -0.25) is 9.36 Å². The summed E-state index contributed by atoms with van der Waals surface area (Å²) in [5.41, 5.74) is 7.29.